The molecule has 1 aromatic heterocycles. The number of nitrogens with zero attached hydrogens (tertiary/aromatic N) is 1. The molecule has 37 heavy (non-hydrogen) atoms. The summed E-state index contributed by atoms with van der Waals surface area (Å²) in [7, 11) is 0. The number of benzene rings is 1. The van der Waals surface area contributed by atoms with E-state index in [0.717, 1.165) is 0 Å². The van der Waals surface area contributed by atoms with E-state index in [1.807, 2.05) is 0 Å². The maximum atomic E-state index is 12.9. The van der Waals surface area contributed by atoms with E-state index in [2.05, 4.69) is 15.6 Å². The second kappa shape index (κ2) is 11.3. The number of carbonyl (C=O) groups is 4. The number of aliphatic carboxylic acids is 1. The summed E-state index contributed by atoms with van der Waals surface area (Å²) in [5.41, 5.74) is 0.274. The number of hydrogen-bond donors (Lipinski definition) is 4. The number of nitrogens with one attached hydrogen (secondary N) is 3. The van der Waals surface area contributed by atoms with E-state index >= 15 is 0 Å². The number of carboxylic acid groups (broad SMARTS) is 1. The SMILES string of the molecule is Cc1[nH]c(C(=O)Nc2ccc(C(=O)NCC(=O)O)cc2O[C@H]2CCN(C(=O)OC(C)(C)C)C2)c(Cl)c1Cl. The maximum absolute atomic E-state index is 12.9. The average Bonchev–Trinajstić information content (AvgIpc) is 3.37. The number of carbonyl (C=O) groups excluding carboxylic acids is 3. The summed E-state index contributed by atoms with van der Waals surface area (Å²) in [4.78, 5) is 52.9. The lowest BCUT2D eigenvalue weighted by atomic mass is 10.1. The fraction of sp³-hybridized carbons (Fsp3) is 0.417. The lowest BCUT2D eigenvalue weighted by Gasteiger charge is -2.24. The number of aryl methyl sites for hydroxylation is 1. The molecular formula is C24H28Cl2N4O7. The number of amides is 3. The summed E-state index contributed by atoms with van der Waals surface area (Å²) >= 11 is 12.2. The zero-order valence-corrected chi connectivity index (χ0v) is 22.2. The maximum Gasteiger partial charge on any atom is 0.410 e. The first-order chi connectivity index (χ1) is 17.2. The highest BCUT2D eigenvalue weighted by atomic mass is 35.5. The van der Waals surface area contributed by atoms with Crippen molar-refractivity contribution in [3.63, 3.8) is 0 Å². The molecule has 1 atom stereocenters. The molecule has 1 aliphatic heterocycles. The van der Waals surface area contributed by atoms with Crippen molar-refractivity contribution in [2.24, 2.45) is 0 Å². The molecule has 0 spiro atoms. The van der Waals surface area contributed by atoms with E-state index in [0.29, 0.717) is 18.7 Å². The first-order valence-corrected chi connectivity index (χ1v) is 12.1. The third-order valence-corrected chi connectivity index (χ3v) is 6.21. The van der Waals surface area contributed by atoms with Crippen molar-refractivity contribution in [3.8, 4) is 5.75 Å². The van der Waals surface area contributed by atoms with Gasteiger partial charge in [0.1, 0.15) is 29.7 Å². The summed E-state index contributed by atoms with van der Waals surface area (Å²) in [5.74, 6) is -2.27. The molecule has 2 heterocycles. The number of halogens is 2. The van der Waals surface area contributed by atoms with Crippen LogP contribution in [0.15, 0.2) is 18.2 Å². The fourth-order valence-corrected chi connectivity index (χ4v) is 3.95. The third kappa shape index (κ3) is 7.30. The van der Waals surface area contributed by atoms with Crippen LogP contribution in [0.1, 0.15) is 53.7 Å². The van der Waals surface area contributed by atoms with Gasteiger partial charge in [-0.05, 0) is 45.9 Å². The van der Waals surface area contributed by atoms with Crippen molar-refractivity contribution in [1.82, 2.24) is 15.2 Å². The van der Waals surface area contributed by atoms with Crippen LogP contribution in [0.25, 0.3) is 0 Å². The normalized spacial score (nSPS) is 15.3. The average molecular weight is 555 g/mol. The molecule has 0 radical (unpaired) electrons. The van der Waals surface area contributed by atoms with Gasteiger partial charge in [-0.1, -0.05) is 23.2 Å². The number of aromatic amines is 1. The number of rotatable bonds is 7. The van der Waals surface area contributed by atoms with Crippen LogP contribution in [0.4, 0.5) is 10.5 Å². The molecule has 200 valence electrons. The Bertz CT molecular complexity index is 1220. The van der Waals surface area contributed by atoms with Crippen LogP contribution in [0, 0.1) is 6.92 Å². The Kier molecular flexibility index (Phi) is 8.60. The summed E-state index contributed by atoms with van der Waals surface area (Å²) in [5, 5.41) is 14.1. The van der Waals surface area contributed by atoms with E-state index in [-0.39, 0.29) is 39.3 Å². The fourth-order valence-electron chi connectivity index (χ4n) is 3.53. The van der Waals surface area contributed by atoms with Crippen molar-refractivity contribution in [2.45, 2.75) is 45.8 Å². The lowest BCUT2D eigenvalue weighted by Crippen LogP contribution is -2.36. The number of H-pyrrole nitrogens is 1. The second-order valence-corrected chi connectivity index (χ2v) is 10.2. The van der Waals surface area contributed by atoms with Crippen LogP contribution in [0.5, 0.6) is 5.75 Å². The zero-order chi connectivity index (χ0) is 27.5. The van der Waals surface area contributed by atoms with Crippen molar-refractivity contribution in [2.75, 3.05) is 25.0 Å². The van der Waals surface area contributed by atoms with Gasteiger partial charge in [-0.3, -0.25) is 14.4 Å². The lowest BCUT2D eigenvalue weighted by molar-refractivity contribution is -0.135. The van der Waals surface area contributed by atoms with Crippen molar-refractivity contribution < 1.29 is 33.8 Å². The molecule has 0 unspecified atom stereocenters. The van der Waals surface area contributed by atoms with Crippen LogP contribution < -0.4 is 15.4 Å². The summed E-state index contributed by atoms with van der Waals surface area (Å²) in [6.07, 6.45) is -0.437. The molecule has 4 N–H and O–H groups in total. The van der Waals surface area contributed by atoms with E-state index < -0.39 is 42.1 Å². The number of anilines is 1. The minimum Gasteiger partial charge on any atom is -0.486 e. The van der Waals surface area contributed by atoms with Crippen LogP contribution in [-0.2, 0) is 9.53 Å². The molecule has 1 saturated heterocycles. The quantitative estimate of drug-likeness (QED) is 0.402. The minimum atomic E-state index is -1.20. The highest BCUT2D eigenvalue weighted by Gasteiger charge is 2.31. The molecule has 3 amide bonds. The largest absolute Gasteiger partial charge is 0.486 e. The van der Waals surface area contributed by atoms with Crippen LogP contribution in [-0.4, -0.2) is 70.2 Å². The highest BCUT2D eigenvalue weighted by molar-refractivity contribution is 6.44. The minimum absolute atomic E-state index is 0.0513. The number of aromatic nitrogens is 1. The van der Waals surface area contributed by atoms with Crippen molar-refractivity contribution in [1.29, 1.82) is 0 Å². The van der Waals surface area contributed by atoms with Crippen LogP contribution in [0.2, 0.25) is 10.0 Å². The summed E-state index contributed by atoms with van der Waals surface area (Å²) in [6.45, 7) is 7.06. The zero-order valence-electron chi connectivity index (χ0n) is 20.7. The molecule has 3 rings (SSSR count). The van der Waals surface area contributed by atoms with Crippen LogP contribution in [0.3, 0.4) is 0 Å². The number of likely N-dealkylation sites (tertiary alicyclic amines) is 1. The summed E-state index contributed by atoms with van der Waals surface area (Å²) in [6, 6.07) is 4.25. The Balaban J connectivity index is 1.83. The first kappa shape index (κ1) is 28.1. The molecule has 1 aliphatic rings. The van der Waals surface area contributed by atoms with Gasteiger partial charge in [0, 0.05) is 24.2 Å². The van der Waals surface area contributed by atoms with E-state index in [1.54, 1.807) is 27.7 Å². The van der Waals surface area contributed by atoms with Gasteiger partial charge in [0.2, 0.25) is 0 Å². The van der Waals surface area contributed by atoms with Gasteiger partial charge in [0.25, 0.3) is 11.8 Å². The van der Waals surface area contributed by atoms with Crippen molar-refractivity contribution >= 4 is 52.8 Å². The van der Waals surface area contributed by atoms with Gasteiger partial charge >= 0.3 is 12.1 Å². The van der Waals surface area contributed by atoms with Crippen LogP contribution >= 0.6 is 23.2 Å². The van der Waals surface area contributed by atoms with Gasteiger partial charge in [-0.15, -0.1) is 0 Å². The highest BCUT2D eigenvalue weighted by Crippen LogP contribution is 2.32. The third-order valence-electron chi connectivity index (χ3n) is 5.26. The Hall–Kier alpha value is -3.44. The molecular weight excluding hydrogens is 527 g/mol. The summed E-state index contributed by atoms with van der Waals surface area (Å²) < 4.78 is 11.5. The van der Waals surface area contributed by atoms with E-state index in [9.17, 15) is 19.2 Å². The smallest absolute Gasteiger partial charge is 0.410 e. The van der Waals surface area contributed by atoms with Gasteiger partial charge in [-0.2, -0.15) is 0 Å². The van der Waals surface area contributed by atoms with Crippen molar-refractivity contribution in [3.05, 3.63) is 45.2 Å². The molecule has 0 saturated carbocycles. The Morgan fingerprint density at radius 1 is 1.16 bits per heavy atom. The molecule has 2 aromatic rings. The van der Waals surface area contributed by atoms with E-state index in [1.165, 1.54) is 23.1 Å². The predicted octanol–water partition coefficient (Wildman–Crippen LogP) is 4.08. The van der Waals surface area contributed by atoms with Gasteiger partial charge < -0.3 is 35.1 Å². The van der Waals surface area contributed by atoms with Gasteiger partial charge in [0.15, 0.2) is 0 Å². The Morgan fingerprint density at radius 3 is 2.46 bits per heavy atom. The monoisotopic (exact) mass is 554 g/mol. The number of hydrogen-bond acceptors (Lipinski definition) is 6. The molecule has 11 nitrogen and oxygen atoms in total. The molecule has 13 heteroatoms. The molecule has 0 aliphatic carbocycles. The Morgan fingerprint density at radius 2 is 1.86 bits per heavy atom. The second-order valence-electron chi connectivity index (χ2n) is 9.45. The molecule has 1 fully saturated rings. The standard InChI is InChI=1S/C24H28Cl2N4O7/c1-12-18(25)19(26)20(28-12)22(34)29-15-6-5-13(21(33)27-10-17(31)32)9-16(15)36-14-7-8-30(11-14)23(35)37-24(2,3)4/h5-6,9,14,28H,7-8,10-11H2,1-4H3,(H,27,33)(H,29,34)(H,31,32)/t14-/m0/s1. The predicted molar refractivity (Wildman–Crippen MR) is 137 cm³/mol. The number of carboxylic acids is 1. The van der Waals surface area contributed by atoms with E-state index in [4.69, 9.17) is 37.8 Å². The number of ether oxygens (including phenoxy) is 2. The van der Waals surface area contributed by atoms with Gasteiger partial charge in [-0.25, -0.2) is 4.79 Å². The molecule has 1 aromatic carbocycles. The first-order valence-electron chi connectivity index (χ1n) is 11.4. The molecule has 0 bridgehead atoms. The van der Waals surface area contributed by atoms with Gasteiger partial charge in [0.05, 0.1) is 22.3 Å². The topological polar surface area (TPSA) is 150 Å². The Labute approximate surface area is 223 Å².